The van der Waals surface area contributed by atoms with Crippen LogP contribution in [0.25, 0.3) is 0 Å². The van der Waals surface area contributed by atoms with Crippen LogP contribution in [0.15, 0.2) is 0 Å². The molecule has 0 spiro atoms. The first-order valence-corrected chi connectivity index (χ1v) is 2.96. The molecule has 0 saturated carbocycles. The molecule has 0 unspecified atom stereocenters. The van der Waals surface area contributed by atoms with Gasteiger partial charge in [-0.2, -0.15) is 8.42 Å². The maximum Gasteiger partial charge on any atom is 0.448 e. The van der Waals surface area contributed by atoms with Gasteiger partial charge in [0.15, 0.2) is 0 Å². The van der Waals surface area contributed by atoms with Gasteiger partial charge in [0.05, 0.1) is 0 Å². The molecule has 2 radical (unpaired) electrons. The van der Waals surface area contributed by atoms with Crippen LogP contribution in [0.4, 0.5) is 0 Å². The summed E-state index contributed by atoms with van der Waals surface area (Å²) in [5, 5.41) is 0. The fourth-order valence-electron chi connectivity index (χ4n) is 0.148. The fourth-order valence-corrected chi connectivity index (χ4v) is 0.445. The van der Waals surface area contributed by atoms with Crippen molar-refractivity contribution in [3.63, 3.8) is 0 Å². The van der Waals surface area contributed by atoms with Gasteiger partial charge in [-0.05, 0) is 0 Å². The van der Waals surface area contributed by atoms with Crippen molar-refractivity contribution in [2.75, 3.05) is 0 Å². The van der Waals surface area contributed by atoms with Crippen molar-refractivity contribution in [3.05, 3.63) is 0 Å². The quantitative estimate of drug-likeness (QED) is 0.494. The summed E-state index contributed by atoms with van der Waals surface area (Å²) in [6.45, 7) is 0.869. The Hall–Kier alpha value is 0.419. The van der Waals surface area contributed by atoms with E-state index in [0.717, 1.165) is 6.92 Å². The second kappa shape index (κ2) is 6.15. The molecule has 1 N–H and O–H groups in total. The third-order valence-electron chi connectivity index (χ3n) is 0.223. The second-order valence-corrected chi connectivity index (χ2v) is 2.02. The van der Waals surface area contributed by atoms with Crippen LogP contribution >= 0.6 is 0 Å². The van der Waals surface area contributed by atoms with E-state index < -0.39 is 16.4 Å². The minimum atomic E-state index is -4.57. The number of hydrogen-bond donors (Lipinski definition) is 1. The molecule has 0 heterocycles. The zero-order valence-electron chi connectivity index (χ0n) is 4.74. The normalized spacial score (nSPS) is 8.60. The van der Waals surface area contributed by atoms with E-state index in [4.69, 9.17) is 4.55 Å². The molecular formula is C2H4Mn2O5S. The van der Waals surface area contributed by atoms with Gasteiger partial charge in [0.1, 0.15) is 0 Å². The van der Waals surface area contributed by atoms with Gasteiger partial charge < -0.3 is 4.18 Å². The molecule has 0 fully saturated rings. The molecule has 10 heavy (non-hydrogen) atoms. The number of hydrogen-bond acceptors (Lipinski definition) is 4. The molecule has 5 nitrogen and oxygen atoms in total. The first kappa shape index (κ1) is 16.8. The van der Waals surface area contributed by atoms with Crippen LogP contribution in [-0.2, 0) is 53.5 Å². The summed E-state index contributed by atoms with van der Waals surface area (Å²) in [7, 11) is -4.57. The van der Waals surface area contributed by atoms with Crippen LogP contribution in [0, 0.1) is 0 Å². The summed E-state index contributed by atoms with van der Waals surface area (Å²) in [5.41, 5.74) is 0. The van der Waals surface area contributed by atoms with E-state index in [1.165, 1.54) is 0 Å². The van der Waals surface area contributed by atoms with Gasteiger partial charge in [-0.3, -0.25) is 9.35 Å². The summed E-state index contributed by atoms with van der Waals surface area (Å²) >= 11 is 0. The van der Waals surface area contributed by atoms with E-state index in [1.54, 1.807) is 0 Å². The number of rotatable bonds is 1. The van der Waals surface area contributed by atoms with Crippen molar-refractivity contribution in [1.29, 1.82) is 0 Å². The molecular weight excluding hydrogens is 246 g/mol. The van der Waals surface area contributed by atoms with E-state index in [-0.39, 0.29) is 34.1 Å². The Morgan fingerprint density at radius 3 is 1.70 bits per heavy atom. The second-order valence-electron chi connectivity index (χ2n) is 1.00. The van der Waals surface area contributed by atoms with Crippen molar-refractivity contribution in [2.24, 2.45) is 0 Å². The Kier molecular flexibility index (Phi) is 10.3. The van der Waals surface area contributed by atoms with E-state index in [1.807, 2.05) is 0 Å². The van der Waals surface area contributed by atoms with Crippen LogP contribution in [0.3, 0.4) is 0 Å². The van der Waals surface area contributed by atoms with Gasteiger partial charge in [0.2, 0.25) is 0 Å². The first-order chi connectivity index (χ1) is 3.42. The molecule has 0 bridgehead atoms. The third-order valence-corrected chi connectivity index (χ3v) is 0.668. The molecule has 62 valence electrons. The molecule has 0 aromatic carbocycles. The molecule has 0 aromatic heterocycles. The van der Waals surface area contributed by atoms with Crippen LogP contribution in [-0.4, -0.2) is 18.9 Å². The Morgan fingerprint density at radius 2 is 1.70 bits per heavy atom. The zero-order valence-corrected chi connectivity index (χ0v) is 7.92. The van der Waals surface area contributed by atoms with Crippen molar-refractivity contribution in [2.45, 2.75) is 6.92 Å². The molecule has 8 heteroatoms. The average Bonchev–Trinajstić information content (AvgIpc) is 1.21. The smallest absolute Gasteiger partial charge is 0.325 e. The standard InChI is InChI=1S/C2H4O5S.2Mn/c1-2(3)7-8(4,5)6;;/h1H3,(H,4,5,6);;. The van der Waals surface area contributed by atoms with Gasteiger partial charge in [-0.25, -0.2) is 0 Å². The van der Waals surface area contributed by atoms with Crippen LogP contribution in [0.5, 0.6) is 0 Å². The molecule has 0 saturated heterocycles. The zero-order chi connectivity index (χ0) is 6.78. The Labute approximate surface area is 79.4 Å². The number of carbonyl (C=O) groups is 1. The topological polar surface area (TPSA) is 80.7 Å². The van der Waals surface area contributed by atoms with Gasteiger partial charge in [0, 0.05) is 41.1 Å². The van der Waals surface area contributed by atoms with E-state index in [2.05, 4.69) is 4.18 Å². The molecule has 0 amide bonds. The first-order valence-electron chi connectivity index (χ1n) is 1.59. The maximum absolute atomic E-state index is 9.70. The van der Waals surface area contributed by atoms with E-state index >= 15 is 0 Å². The van der Waals surface area contributed by atoms with Crippen molar-refractivity contribution in [3.8, 4) is 0 Å². The molecule has 0 aromatic rings. The predicted octanol–water partition coefficient (Wildman–Crippen LogP) is -0.653. The summed E-state index contributed by atoms with van der Waals surface area (Å²) in [5.74, 6) is -1.06. The SMILES string of the molecule is CC(=O)OS(=O)(=O)O.[Mn].[Mn]. The third kappa shape index (κ3) is 15.8. The van der Waals surface area contributed by atoms with Gasteiger partial charge in [0.25, 0.3) is 0 Å². The largest absolute Gasteiger partial charge is 0.448 e. The predicted molar refractivity (Wildman–Crippen MR) is 23.3 cm³/mol. The summed E-state index contributed by atoms with van der Waals surface area (Å²) in [6.07, 6.45) is 0. The van der Waals surface area contributed by atoms with Crippen molar-refractivity contribution < 1.29 is 56.1 Å². The minimum absolute atomic E-state index is 0. The fraction of sp³-hybridized carbons (Fsp3) is 0.500. The summed E-state index contributed by atoms with van der Waals surface area (Å²) < 4.78 is 30.2. The number of carbonyl (C=O) groups excluding carboxylic acids is 1. The molecule has 0 rings (SSSR count). The Morgan fingerprint density at radius 1 is 1.40 bits per heavy atom. The molecule has 0 aliphatic heterocycles. The molecule has 0 aliphatic rings. The van der Waals surface area contributed by atoms with Gasteiger partial charge in [-0.15, -0.1) is 0 Å². The maximum atomic E-state index is 9.70. The van der Waals surface area contributed by atoms with Crippen LogP contribution in [0.1, 0.15) is 6.92 Å². The van der Waals surface area contributed by atoms with Gasteiger partial charge in [-0.1, -0.05) is 0 Å². The van der Waals surface area contributed by atoms with Crippen LogP contribution in [0.2, 0.25) is 0 Å². The summed E-state index contributed by atoms with van der Waals surface area (Å²) in [6, 6.07) is 0. The monoisotopic (exact) mass is 250 g/mol. The van der Waals surface area contributed by atoms with E-state index in [9.17, 15) is 13.2 Å². The van der Waals surface area contributed by atoms with Crippen molar-refractivity contribution >= 4 is 16.4 Å². The Balaban J connectivity index is -0.000000245. The van der Waals surface area contributed by atoms with Crippen molar-refractivity contribution in [1.82, 2.24) is 0 Å². The summed E-state index contributed by atoms with van der Waals surface area (Å²) in [4.78, 5) is 9.70. The average molecular weight is 250 g/mol. The minimum Gasteiger partial charge on any atom is -0.325 e. The molecule has 0 atom stereocenters. The van der Waals surface area contributed by atoms with Gasteiger partial charge >= 0.3 is 16.4 Å². The Bertz CT molecular complexity index is 184. The van der Waals surface area contributed by atoms with E-state index in [0.29, 0.717) is 0 Å². The van der Waals surface area contributed by atoms with Crippen LogP contribution < -0.4 is 0 Å². The molecule has 0 aliphatic carbocycles.